The molecule has 1 aromatic heterocycles. The highest BCUT2D eigenvalue weighted by atomic mass is 35.5. The van der Waals surface area contributed by atoms with E-state index < -0.39 is 5.97 Å². The summed E-state index contributed by atoms with van der Waals surface area (Å²) in [7, 11) is 0. The minimum absolute atomic E-state index is 0.0366. The maximum Gasteiger partial charge on any atom is 0.337 e. The lowest BCUT2D eigenvalue weighted by Crippen LogP contribution is -2.17. The molecule has 1 amide bonds. The molecule has 0 aliphatic rings. The number of nitrogens with zero attached hydrogens (tertiary/aromatic N) is 2. The van der Waals surface area contributed by atoms with E-state index in [2.05, 4.69) is 10.5 Å². The molecule has 0 radical (unpaired) electrons. The van der Waals surface area contributed by atoms with Gasteiger partial charge in [-0.25, -0.2) is 10.2 Å². The molecule has 0 spiro atoms. The molecule has 0 aliphatic carbocycles. The quantitative estimate of drug-likeness (QED) is 0.320. The van der Waals surface area contributed by atoms with Gasteiger partial charge in [0.25, 0.3) is 5.91 Å². The normalized spacial score (nSPS) is 11.2. The Morgan fingerprint density at radius 3 is 2.50 bits per heavy atom. The van der Waals surface area contributed by atoms with Gasteiger partial charge in [-0.3, -0.25) is 4.79 Å². The van der Waals surface area contributed by atoms with E-state index in [4.69, 9.17) is 11.6 Å². The van der Waals surface area contributed by atoms with Crippen molar-refractivity contribution in [3.8, 4) is 5.69 Å². The van der Waals surface area contributed by atoms with Crippen LogP contribution in [0, 0.1) is 13.8 Å². The molecule has 0 bridgehead atoms. The summed E-state index contributed by atoms with van der Waals surface area (Å²) in [4.78, 5) is 23.9. The lowest BCUT2D eigenvalue weighted by Gasteiger charge is -2.11. The molecule has 32 heavy (non-hydrogen) atoms. The van der Waals surface area contributed by atoms with Crippen molar-refractivity contribution in [3.63, 3.8) is 0 Å². The molecule has 0 saturated heterocycles. The van der Waals surface area contributed by atoms with Crippen LogP contribution in [0.15, 0.2) is 71.8 Å². The first-order chi connectivity index (χ1) is 15.3. The van der Waals surface area contributed by atoms with Crippen molar-refractivity contribution in [2.45, 2.75) is 13.8 Å². The average molecular weight is 446 g/mol. The number of hydrazone groups is 1. The molecule has 6 nitrogen and oxygen atoms in total. The fourth-order valence-electron chi connectivity index (χ4n) is 3.69. The van der Waals surface area contributed by atoms with E-state index in [-0.39, 0.29) is 16.5 Å². The van der Waals surface area contributed by atoms with E-state index >= 15 is 0 Å². The van der Waals surface area contributed by atoms with Crippen LogP contribution in [0.4, 0.5) is 0 Å². The Hall–Kier alpha value is -3.90. The number of halogens is 1. The largest absolute Gasteiger partial charge is 0.478 e. The molecular weight excluding hydrogens is 426 g/mol. The van der Waals surface area contributed by atoms with Crippen LogP contribution in [-0.4, -0.2) is 27.8 Å². The topological polar surface area (TPSA) is 83.7 Å². The van der Waals surface area contributed by atoms with E-state index in [0.717, 1.165) is 27.7 Å². The number of aromatic nitrogens is 1. The van der Waals surface area contributed by atoms with Gasteiger partial charge in [0.2, 0.25) is 0 Å². The second-order valence-electron chi connectivity index (χ2n) is 7.39. The minimum atomic E-state index is -1.09. The minimum Gasteiger partial charge on any atom is -0.478 e. The number of nitrogens with one attached hydrogen (secondary N) is 1. The van der Waals surface area contributed by atoms with Crippen molar-refractivity contribution in [1.29, 1.82) is 0 Å². The summed E-state index contributed by atoms with van der Waals surface area (Å²) in [5, 5.41) is 15.7. The van der Waals surface area contributed by atoms with Gasteiger partial charge in [-0.2, -0.15) is 5.10 Å². The molecule has 7 heteroatoms. The van der Waals surface area contributed by atoms with Gasteiger partial charge in [0, 0.05) is 28.2 Å². The summed E-state index contributed by atoms with van der Waals surface area (Å²) >= 11 is 5.99. The van der Waals surface area contributed by atoms with Crippen LogP contribution >= 0.6 is 11.6 Å². The van der Waals surface area contributed by atoms with E-state index in [9.17, 15) is 14.7 Å². The summed E-state index contributed by atoms with van der Waals surface area (Å²) in [5.41, 5.74) is 6.35. The first-order valence-electron chi connectivity index (χ1n) is 9.89. The van der Waals surface area contributed by atoms with Gasteiger partial charge in [-0.1, -0.05) is 41.9 Å². The number of hydrogen-bond donors (Lipinski definition) is 2. The molecule has 1 heterocycles. The second kappa shape index (κ2) is 8.69. The number of benzene rings is 3. The summed E-state index contributed by atoms with van der Waals surface area (Å²) in [5.74, 6) is -1.39. The monoisotopic (exact) mass is 445 g/mol. The first-order valence-corrected chi connectivity index (χ1v) is 10.3. The van der Waals surface area contributed by atoms with Crippen molar-refractivity contribution in [2.24, 2.45) is 5.10 Å². The molecule has 4 rings (SSSR count). The zero-order chi connectivity index (χ0) is 22.8. The molecule has 0 atom stereocenters. The predicted octanol–water partition coefficient (Wildman–Crippen LogP) is 5.36. The molecule has 0 fully saturated rings. The lowest BCUT2D eigenvalue weighted by atomic mass is 10.1. The van der Waals surface area contributed by atoms with Crippen LogP contribution in [0.5, 0.6) is 0 Å². The second-order valence-corrected chi connectivity index (χ2v) is 7.80. The van der Waals surface area contributed by atoms with Gasteiger partial charge in [-0.15, -0.1) is 0 Å². The smallest absolute Gasteiger partial charge is 0.337 e. The highest BCUT2D eigenvalue weighted by Gasteiger charge is 2.14. The third kappa shape index (κ3) is 4.13. The molecule has 0 unspecified atom stereocenters. The van der Waals surface area contributed by atoms with Gasteiger partial charge < -0.3 is 9.67 Å². The molecule has 3 aromatic carbocycles. The van der Waals surface area contributed by atoms with Crippen molar-refractivity contribution >= 4 is 40.5 Å². The SMILES string of the molecule is Cc1cc(/C=N\NC(=O)c2ccc3ccccc3c2)c(C)n1-c1ccc(Cl)c(C(=O)O)c1. The first kappa shape index (κ1) is 21.3. The predicted molar refractivity (Wildman–Crippen MR) is 126 cm³/mol. The Morgan fingerprint density at radius 1 is 1.00 bits per heavy atom. The summed E-state index contributed by atoms with van der Waals surface area (Å²) in [6.07, 6.45) is 1.58. The number of aromatic carboxylic acids is 1. The average Bonchev–Trinajstić information content (AvgIpc) is 3.06. The number of carboxylic acids is 1. The Kier molecular flexibility index (Phi) is 5.79. The number of carboxylic acid groups (broad SMARTS) is 1. The third-order valence-electron chi connectivity index (χ3n) is 5.29. The van der Waals surface area contributed by atoms with E-state index in [1.54, 1.807) is 24.4 Å². The van der Waals surface area contributed by atoms with Crippen LogP contribution < -0.4 is 5.43 Å². The maximum atomic E-state index is 12.5. The number of hydrogen-bond acceptors (Lipinski definition) is 3. The Morgan fingerprint density at radius 2 is 1.75 bits per heavy atom. The Bertz CT molecular complexity index is 1390. The number of amides is 1. The third-order valence-corrected chi connectivity index (χ3v) is 5.62. The standard InChI is InChI=1S/C25H20ClN3O3/c1-15-11-20(16(2)29(15)21-9-10-23(26)22(13-21)25(31)32)14-27-28-24(30)19-8-7-17-5-3-4-6-18(17)12-19/h3-14H,1-2H3,(H,28,30)(H,31,32)/b27-14-. The summed E-state index contributed by atoms with van der Waals surface area (Å²) in [6.45, 7) is 3.81. The fourth-order valence-corrected chi connectivity index (χ4v) is 3.89. The van der Waals surface area contributed by atoms with Crippen LogP contribution in [0.1, 0.15) is 37.7 Å². The van der Waals surface area contributed by atoms with Crippen molar-refractivity contribution in [1.82, 2.24) is 9.99 Å². The van der Waals surface area contributed by atoms with Crippen molar-refractivity contribution in [2.75, 3.05) is 0 Å². The fraction of sp³-hybridized carbons (Fsp3) is 0.0800. The Balaban J connectivity index is 1.55. The highest BCUT2D eigenvalue weighted by Crippen LogP contribution is 2.24. The summed E-state index contributed by atoms with van der Waals surface area (Å²) < 4.78 is 1.91. The van der Waals surface area contributed by atoms with Crippen LogP contribution in [0.3, 0.4) is 0 Å². The van der Waals surface area contributed by atoms with Gasteiger partial charge in [0.05, 0.1) is 16.8 Å². The van der Waals surface area contributed by atoms with Gasteiger partial charge in [0.1, 0.15) is 0 Å². The summed E-state index contributed by atoms with van der Waals surface area (Å²) in [6, 6.07) is 20.1. The van der Waals surface area contributed by atoms with Crippen molar-refractivity contribution < 1.29 is 14.7 Å². The van der Waals surface area contributed by atoms with E-state index in [1.165, 1.54) is 6.07 Å². The number of aryl methyl sites for hydroxylation is 1. The van der Waals surface area contributed by atoms with Gasteiger partial charge in [0.15, 0.2) is 0 Å². The van der Waals surface area contributed by atoms with Gasteiger partial charge >= 0.3 is 5.97 Å². The highest BCUT2D eigenvalue weighted by molar-refractivity contribution is 6.33. The van der Waals surface area contributed by atoms with Crippen LogP contribution in [0.25, 0.3) is 16.5 Å². The molecule has 2 N–H and O–H groups in total. The number of fused-ring (bicyclic) bond motifs is 1. The number of carbonyl (C=O) groups excluding carboxylic acids is 1. The zero-order valence-corrected chi connectivity index (χ0v) is 18.2. The number of rotatable bonds is 5. The van der Waals surface area contributed by atoms with Crippen LogP contribution in [-0.2, 0) is 0 Å². The molecule has 0 saturated carbocycles. The lowest BCUT2D eigenvalue weighted by molar-refractivity contribution is 0.0696. The zero-order valence-electron chi connectivity index (χ0n) is 17.5. The Labute approximate surface area is 189 Å². The van der Waals surface area contributed by atoms with Crippen molar-refractivity contribution in [3.05, 3.63) is 99.8 Å². The van der Waals surface area contributed by atoms with Gasteiger partial charge in [-0.05, 0) is 61.0 Å². The maximum absolute atomic E-state index is 12.5. The van der Waals surface area contributed by atoms with E-state index in [0.29, 0.717) is 11.3 Å². The molecule has 160 valence electrons. The van der Waals surface area contributed by atoms with Crippen LogP contribution in [0.2, 0.25) is 5.02 Å². The van der Waals surface area contributed by atoms with E-state index in [1.807, 2.05) is 60.9 Å². The molecule has 4 aromatic rings. The molecule has 0 aliphatic heterocycles. The number of carbonyl (C=O) groups is 2. The molecular formula is C25H20ClN3O3.